The Bertz CT molecular complexity index is 527. The van der Waals surface area contributed by atoms with Gasteiger partial charge in [0.15, 0.2) is 0 Å². The molecule has 1 aliphatic heterocycles. The van der Waals surface area contributed by atoms with Gasteiger partial charge in [0.2, 0.25) is 5.91 Å². The van der Waals surface area contributed by atoms with Crippen LogP contribution in [0.25, 0.3) is 0 Å². The lowest BCUT2D eigenvalue weighted by atomic mass is 10.1. The molecule has 0 bridgehead atoms. The monoisotopic (exact) mass is 286 g/mol. The summed E-state index contributed by atoms with van der Waals surface area (Å²) in [6.45, 7) is 4.50. The van der Waals surface area contributed by atoms with E-state index < -0.39 is 0 Å². The molecule has 0 N–H and O–H groups in total. The molecule has 1 heterocycles. The Morgan fingerprint density at radius 3 is 2.52 bits per heavy atom. The molecule has 0 atom stereocenters. The van der Waals surface area contributed by atoms with Crippen LogP contribution in [0.2, 0.25) is 0 Å². The average molecular weight is 286 g/mol. The first-order chi connectivity index (χ1) is 10.1. The second-order valence-corrected chi connectivity index (χ2v) is 5.66. The molecule has 0 aromatic heterocycles. The summed E-state index contributed by atoms with van der Waals surface area (Å²) in [4.78, 5) is 18.1. The number of amides is 1. The normalized spacial score (nSPS) is 16.0. The quantitative estimate of drug-likeness (QED) is 0.820. The summed E-state index contributed by atoms with van der Waals surface area (Å²) >= 11 is 0. The first-order valence-electron chi connectivity index (χ1n) is 7.23. The Labute approximate surface area is 126 Å². The van der Waals surface area contributed by atoms with Gasteiger partial charge < -0.3 is 9.80 Å². The number of carbonyl (C=O) groups excluding carboxylic acids is 1. The molecule has 1 aromatic rings. The Balaban J connectivity index is 1.87. The van der Waals surface area contributed by atoms with Gasteiger partial charge in [-0.15, -0.1) is 0 Å². The van der Waals surface area contributed by atoms with Gasteiger partial charge in [0.05, 0.1) is 18.2 Å². The summed E-state index contributed by atoms with van der Waals surface area (Å²) in [6, 6.07) is 9.95. The number of likely N-dealkylation sites (N-methyl/N-ethyl adjacent to an activating group) is 1. The van der Waals surface area contributed by atoms with Crippen molar-refractivity contribution in [3.05, 3.63) is 35.4 Å². The molecular formula is C16H22N4O. The van der Waals surface area contributed by atoms with E-state index in [1.807, 2.05) is 48.2 Å². The van der Waals surface area contributed by atoms with Gasteiger partial charge in [-0.25, -0.2) is 0 Å². The number of hydrogen-bond donors (Lipinski definition) is 0. The molecular weight excluding hydrogens is 264 g/mol. The summed E-state index contributed by atoms with van der Waals surface area (Å²) in [5.41, 5.74) is 1.80. The van der Waals surface area contributed by atoms with E-state index >= 15 is 0 Å². The Morgan fingerprint density at radius 1 is 1.24 bits per heavy atom. The zero-order valence-electron chi connectivity index (χ0n) is 12.7. The SMILES string of the molecule is CN(C)CC(=O)N1CCN(Cc2ccccc2C#N)CC1. The zero-order chi connectivity index (χ0) is 15.2. The molecule has 1 amide bonds. The predicted molar refractivity (Wildman–Crippen MR) is 81.6 cm³/mol. The van der Waals surface area contributed by atoms with Gasteiger partial charge in [0, 0.05) is 32.7 Å². The largest absolute Gasteiger partial charge is 0.339 e. The van der Waals surface area contributed by atoms with Crippen molar-refractivity contribution in [1.82, 2.24) is 14.7 Å². The Morgan fingerprint density at radius 2 is 1.90 bits per heavy atom. The summed E-state index contributed by atoms with van der Waals surface area (Å²) in [5.74, 6) is 0.192. The van der Waals surface area contributed by atoms with Crippen molar-refractivity contribution in [3.63, 3.8) is 0 Å². The molecule has 0 saturated carbocycles. The number of rotatable bonds is 4. The van der Waals surface area contributed by atoms with Crippen LogP contribution in [0.5, 0.6) is 0 Å². The highest BCUT2D eigenvalue weighted by atomic mass is 16.2. The standard InChI is InChI=1S/C16H22N4O/c1-18(2)13-16(21)20-9-7-19(8-10-20)12-15-6-4-3-5-14(15)11-17/h3-6H,7-10,12-13H2,1-2H3. The molecule has 0 radical (unpaired) electrons. The molecule has 21 heavy (non-hydrogen) atoms. The van der Waals surface area contributed by atoms with E-state index in [1.165, 1.54) is 0 Å². The molecule has 0 unspecified atom stereocenters. The minimum Gasteiger partial charge on any atom is -0.339 e. The topological polar surface area (TPSA) is 50.6 Å². The lowest BCUT2D eigenvalue weighted by Gasteiger charge is -2.35. The van der Waals surface area contributed by atoms with Crippen LogP contribution in [0.4, 0.5) is 0 Å². The first-order valence-corrected chi connectivity index (χ1v) is 7.23. The smallest absolute Gasteiger partial charge is 0.236 e. The van der Waals surface area contributed by atoms with Gasteiger partial charge in [-0.05, 0) is 25.7 Å². The zero-order valence-corrected chi connectivity index (χ0v) is 12.7. The third-order valence-electron chi connectivity index (χ3n) is 3.71. The van der Waals surface area contributed by atoms with Crippen molar-refractivity contribution in [2.45, 2.75) is 6.54 Å². The number of nitrogens with zero attached hydrogens (tertiary/aromatic N) is 4. The van der Waals surface area contributed by atoms with Crippen LogP contribution in [-0.4, -0.2) is 67.4 Å². The molecule has 5 heteroatoms. The third kappa shape index (κ3) is 4.28. The highest BCUT2D eigenvalue weighted by Crippen LogP contribution is 2.12. The van der Waals surface area contributed by atoms with Gasteiger partial charge >= 0.3 is 0 Å². The molecule has 1 aliphatic rings. The van der Waals surface area contributed by atoms with Crippen molar-refractivity contribution in [1.29, 1.82) is 5.26 Å². The van der Waals surface area contributed by atoms with Crippen LogP contribution in [-0.2, 0) is 11.3 Å². The molecule has 5 nitrogen and oxygen atoms in total. The van der Waals surface area contributed by atoms with E-state index in [1.54, 1.807) is 0 Å². The van der Waals surface area contributed by atoms with Gasteiger partial charge in [-0.3, -0.25) is 9.69 Å². The fraction of sp³-hybridized carbons (Fsp3) is 0.500. The summed E-state index contributed by atoms with van der Waals surface area (Å²) in [6.07, 6.45) is 0. The maximum Gasteiger partial charge on any atom is 0.236 e. The summed E-state index contributed by atoms with van der Waals surface area (Å²) in [5, 5.41) is 9.12. The van der Waals surface area contributed by atoms with Crippen molar-refractivity contribution >= 4 is 5.91 Å². The minimum absolute atomic E-state index is 0.192. The van der Waals surface area contributed by atoms with Crippen LogP contribution < -0.4 is 0 Å². The number of benzene rings is 1. The van der Waals surface area contributed by atoms with Gasteiger partial charge in [0.25, 0.3) is 0 Å². The minimum atomic E-state index is 0.192. The number of hydrogen-bond acceptors (Lipinski definition) is 4. The third-order valence-corrected chi connectivity index (χ3v) is 3.71. The Kier molecular flexibility index (Phi) is 5.32. The van der Waals surface area contributed by atoms with Gasteiger partial charge in [-0.1, -0.05) is 18.2 Å². The number of piperazine rings is 1. The van der Waals surface area contributed by atoms with Crippen LogP contribution in [0.15, 0.2) is 24.3 Å². The van der Waals surface area contributed by atoms with E-state index in [9.17, 15) is 4.79 Å². The fourth-order valence-electron chi connectivity index (χ4n) is 2.53. The predicted octanol–water partition coefficient (Wildman–Crippen LogP) is 0.764. The lowest BCUT2D eigenvalue weighted by molar-refractivity contribution is -0.133. The van der Waals surface area contributed by atoms with Gasteiger partial charge in [0.1, 0.15) is 0 Å². The van der Waals surface area contributed by atoms with Crippen molar-refractivity contribution in [2.24, 2.45) is 0 Å². The molecule has 1 saturated heterocycles. The number of nitriles is 1. The summed E-state index contributed by atoms with van der Waals surface area (Å²) < 4.78 is 0. The summed E-state index contributed by atoms with van der Waals surface area (Å²) in [7, 11) is 3.82. The van der Waals surface area contributed by atoms with Crippen LogP contribution >= 0.6 is 0 Å². The maximum absolute atomic E-state index is 12.0. The van der Waals surface area contributed by atoms with Gasteiger partial charge in [-0.2, -0.15) is 5.26 Å². The molecule has 0 aliphatic carbocycles. The van der Waals surface area contributed by atoms with E-state index in [0.29, 0.717) is 6.54 Å². The first kappa shape index (κ1) is 15.5. The van der Waals surface area contributed by atoms with Crippen molar-refractivity contribution in [2.75, 3.05) is 46.8 Å². The lowest BCUT2D eigenvalue weighted by Crippen LogP contribution is -2.50. The van der Waals surface area contributed by atoms with Crippen LogP contribution in [0.3, 0.4) is 0 Å². The molecule has 1 aromatic carbocycles. The van der Waals surface area contributed by atoms with E-state index in [4.69, 9.17) is 5.26 Å². The van der Waals surface area contributed by atoms with E-state index in [2.05, 4.69) is 11.0 Å². The maximum atomic E-state index is 12.0. The number of carbonyl (C=O) groups is 1. The molecule has 0 spiro atoms. The Hall–Kier alpha value is -1.90. The second kappa shape index (κ2) is 7.21. The average Bonchev–Trinajstić information content (AvgIpc) is 2.48. The highest BCUT2D eigenvalue weighted by molar-refractivity contribution is 5.78. The van der Waals surface area contributed by atoms with Crippen LogP contribution in [0, 0.1) is 11.3 Å². The molecule has 2 rings (SSSR count). The fourth-order valence-corrected chi connectivity index (χ4v) is 2.53. The highest BCUT2D eigenvalue weighted by Gasteiger charge is 2.21. The van der Waals surface area contributed by atoms with Crippen LogP contribution in [0.1, 0.15) is 11.1 Å². The molecule has 112 valence electrons. The van der Waals surface area contributed by atoms with E-state index in [-0.39, 0.29) is 5.91 Å². The molecule has 1 fully saturated rings. The van der Waals surface area contributed by atoms with Crippen molar-refractivity contribution < 1.29 is 4.79 Å². The van der Waals surface area contributed by atoms with E-state index in [0.717, 1.165) is 43.9 Å². The second-order valence-electron chi connectivity index (χ2n) is 5.66. The van der Waals surface area contributed by atoms with Crippen molar-refractivity contribution in [3.8, 4) is 6.07 Å².